The summed E-state index contributed by atoms with van der Waals surface area (Å²) in [7, 11) is -1.39. The van der Waals surface area contributed by atoms with Crippen LogP contribution in [0.5, 0.6) is 5.75 Å². The Morgan fingerprint density at radius 3 is 2.21 bits per heavy atom. The van der Waals surface area contributed by atoms with Gasteiger partial charge in [-0.2, -0.15) is 0 Å². The molecule has 0 saturated carbocycles. The Kier molecular flexibility index (Phi) is 8.53. The highest BCUT2D eigenvalue weighted by atomic mass is 35.5. The number of hydrogen-bond acceptors (Lipinski definition) is 6. The molecule has 200 valence electrons. The predicted octanol–water partition coefficient (Wildman–Crippen LogP) is 5.78. The zero-order chi connectivity index (χ0) is 28.0. The van der Waals surface area contributed by atoms with E-state index in [2.05, 4.69) is 5.32 Å². The second-order valence-corrected chi connectivity index (χ2v) is 10.6. The van der Waals surface area contributed by atoms with Crippen molar-refractivity contribution in [1.29, 1.82) is 0 Å². The first kappa shape index (κ1) is 27.7. The third-order valence-electron chi connectivity index (χ3n) is 5.87. The number of anilines is 2. The molecule has 4 aromatic carbocycles. The van der Waals surface area contributed by atoms with Gasteiger partial charge in [-0.1, -0.05) is 54.1 Å². The van der Waals surface area contributed by atoms with Gasteiger partial charge in [0.05, 0.1) is 53.2 Å². The van der Waals surface area contributed by atoms with Crippen LogP contribution in [0.2, 0.25) is 5.02 Å². The van der Waals surface area contributed by atoms with Gasteiger partial charge in [-0.15, -0.1) is 0 Å². The van der Waals surface area contributed by atoms with E-state index in [1.54, 1.807) is 42.5 Å². The molecule has 0 aromatic heterocycles. The molecule has 0 aliphatic rings. The van der Waals surface area contributed by atoms with Gasteiger partial charge >= 0.3 is 5.97 Å². The van der Waals surface area contributed by atoms with Crippen LogP contribution in [-0.2, 0) is 21.3 Å². The Bertz CT molecular complexity index is 1590. The van der Waals surface area contributed by atoms with Crippen LogP contribution in [0, 0.1) is 0 Å². The number of ether oxygens (including phenoxy) is 2. The number of amides is 1. The molecule has 0 fully saturated rings. The summed E-state index contributed by atoms with van der Waals surface area (Å²) in [6.45, 7) is -0.0297. The molecule has 0 saturated heterocycles. The average molecular weight is 565 g/mol. The van der Waals surface area contributed by atoms with Gasteiger partial charge in [0.15, 0.2) is 0 Å². The van der Waals surface area contributed by atoms with Crippen molar-refractivity contribution in [3.05, 3.63) is 119 Å². The molecule has 4 rings (SSSR count). The van der Waals surface area contributed by atoms with E-state index in [4.69, 9.17) is 21.1 Å². The van der Waals surface area contributed by atoms with E-state index < -0.39 is 21.9 Å². The minimum Gasteiger partial charge on any atom is -0.497 e. The molecular weight excluding hydrogens is 540 g/mol. The number of methoxy groups -OCH3 is 2. The summed E-state index contributed by atoms with van der Waals surface area (Å²) in [5, 5.41) is 2.89. The van der Waals surface area contributed by atoms with Crippen molar-refractivity contribution in [3.63, 3.8) is 0 Å². The zero-order valence-electron chi connectivity index (χ0n) is 21.1. The maximum atomic E-state index is 14.0. The standard InChI is InChI=1S/C29H25ClN2O6S/c1-37-22-13-15-23(16-14-22)39(35,36)32(19-20-8-4-3-5-9-20)27-11-7-6-10-24(27)28(33)31-26-18-21(29(34)38-2)12-17-25(26)30/h3-18H,19H2,1-2H3,(H,31,33). The van der Waals surface area contributed by atoms with E-state index >= 15 is 0 Å². The summed E-state index contributed by atoms with van der Waals surface area (Å²) in [5.74, 6) is -0.700. The fourth-order valence-electron chi connectivity index (χ4n) is 3.86. The van der Waals surface area contributed by atoms with Gasteiger partial charge in [0.2, 0.25) is 0 Å². The van der Waals surface area contributed by atoms with E-state index in [9.17, 15) is 18.0 Å². The normalized spacial score (nSPS) is 10.9. The minimum absolute atomic E-state index is 0.0297. The maximum Gasteiger partial charge on any atom is 0.337 e. The summed E-state index contributed by atoms with van der Waals surface area (Å²) in [6, 6.07) is 25.8. The van der Waals surface area contributed by atoms with Crippen molar-refractivity contribution in [2.75, 3.05) is 23.8 Å². The summed E-state index contributed by atoms with van der Waals surface area (Å²) >= 11 is 6.28. The number of benzene rings is 4. The first-order valence-electron chi connectivity index (χ1n) is 11.7. The number of esters is 1. The van der Waals surface area contributed by atoms with Crippen LogP contribution < -0.4 is 14.4 Å². The molecule has 8 nitrogen and oxygen atoms in total. The number of rotatable bonds is 9. The Morgan fingerprint density at radius 1 is 0.872 bits per heavy atom. The van der Waals surface area contributed by atoms with Crippen molar-refractivity contribution in [1.82, 2.24) is 0 Å². The van der Waals surface area contributed by atoms with Gasteiger partial charge in [0.1, 0.15) is 5.75 Å². The van der Waals surface area contributed by atoms with Gasteiger partial charge in [0.25, 0.3) is 15.9 Å². The van der Waals surface area contributed by atoms with Crippen LogP contribution in [0.15, 0.2) is 102 Å². The molecule has 4 aromatic rings. The number of para-hydroxylation sites is 1. The molecule has 10 heteroatoms. The lowest BCUT2D eigenvalue weighted by atomic mass is 10.1. The molecule has 0 bridgehead atoms. The van der Waals surface area contributed by atoms with Crippen molar-refractivity contribution in [3.8, 4) is 5.75 Å². The second kappa shape index (κ2) is 12.0. The number of nitrogens with zero attached hydrogens (tertiary/aromatic N) is 1. The van der Waals surface area contributed by atoms with Crippen molar-refractivity contribution in [2.45, 2.75) is 11.4 Å². The number of sulfonamides is 1. The molecule has 0 heterocycles. The SMILES string of the molecule is COC(=O)c1ccc(Cl)c(NC(=O)c2ccccc2N(Cc2ccccc2)S(=O)(=O)c2ccc(OC)cc2)c1. The Hall–Kier alpha value is -4.34. The van der Waals surface area contributed by atoms with Crippen LogP contribution in [0.1, 0.15) is 26.3 Å². The van der Waals surface area contributed by atoms with Gasteiger partial charge < -0.3 is 14.8 Å². The highest BCUT2D eigenvalue weighted by molar-refractivity contribution is 7.92. The molecule has 39 heavy (non-hydrogen) atoms. The van der Waals surface area contributed by atoms with Crippen molar-refractivity contribution >= 4 is 44.9 Å². The molecule has 0 unspecified atom stereocenters. The van der Waals surface area contributed by atoms with E-state index in [-0.39, 0.29) is 39.0 Å². The molecule has 0 spiro atoms. The number of hydrogen-bond donors (Lipinski definition) is 1. The van der Waals surface area contributed by atoms with Crippen LogP contribution >= 0.6 is 11.6 Å². The first-order valence-corrected chi connectivity index (χ1v) is 13.6. The second-order valence-electron chi connectivity index (χ2n) is 8.33. The third-order valence-corrected chi connectivity index (χ3v) is 7.97. The summed E-state index contributed by atoms with van der Waals surface area (Å²) in [6.07, 6.45) is 0. The fourth-order valence-corrected chi connectivity index (χ4v) is 5.50. The van der Waals surface area contributed by atoms with E-state index in [0.29, 0.717) is 5.75 Å². The van der Waals surface area contributed by atoms with Crippen molar-refractivity contribution in [2.24, 2.45) is 0 Å². The molecule has 0 aliphatic carbocycles. The summed E-state index contributed by atoms with van der Waals surface area (Å²) < 4.78 is 39.0. The molecule has 0 radical (unpaired) electrons. The fraction of sp³-hybridized carbons (Fsp3) is 0.103. The smallest absolute Gasteiger partial charge is 0.337 e. The van der Waals surface area contributed by atoms with E-state index in [0.717, 1.165) is 5.56 Å². The Labute approximate surface area is 231 Å². The monoisotopic (exact) mass is 564 g/mol. The lowest BCUT2D eigenvalue weighted by Crippen LogP contribution is -2.32. The third kappa shape index (κ3) is 6.22. The van der Waals surface area contributed by atoms with Crippen LogP contribution in [0.25, 0.3) is 0 Å². The van der Waals surface area contributed by atoms with E-state index in [1.165, 1.54) is 54.9 Å². The molecule has 1 amide bonds. The van der Waals surface area contributed by atoms with Gasteiger partial charge in [-0.3, -0.25) is 9.10 Å². The number of carbonyl (C=O) groups is 2. The molecular formula is C29H25ClN2O6S. The quantitative estimate of drug-likeness (QED) is 0.258. The van der Waals surface area contributed by atoms with Gasteiger partial charge in [-0.25, -0.2) is 13.2 Å². The highest BCUT2D eigenvalue weighted by Crippen LogP contribution is 2.31. The highest BCUT2D eigenvalue weighted by Gasteiger charge is 2.29. The lowest BCUT2D eigenvalue weighted by molar-refractivity contribution is 0.0600. The van der Waals surface area contributed by atoms with Crippen LogP contribution in [0.4, 0.5) is 11.4 Å². The topological polar surface area (TPSA) is 102 Å². The first-order chi connectivity index (χ1) is 18.7. The lowest BCUT2D eigenvalue weighted by Gasteiger charge is -2.27. The predicted molar refractivity (Wildman–Crippen MR) is 150 cm³/mol. The van der Waals surface area contributed by atoms with Crippen LogP contribution in [0.3, 0.4) is 0 Å². The molecule has 1 N–H and O–H groups in total. The Balaban J connectivity index is 1.78. The summed E-state index contributed by atoms with van der Waals surface area (Å²) in [4.78, 5) is 25.5. The van der Waals surface area contributed by atoms with Gasteiger partial charge in [-0.05, 0) is 60.2 Å². The average Bonchev–Trinajstić information content (AvgIpc) is 2.97. The molecule has 0 aliphatic heterocycles. The minimum atomic E-state index is -4.13. The Morgan fingerprint density at radius 2 is 1.54 bits per heavy atom. The largest absolute Gasteiger partial charge is 0.497 e. The zero-order valence-corrected chi connectivity index (χ0v) is 22.7. The van der Waals surface area contributed by atoms with Crippen molar-refractivity contribution < 1.29 is 27.5 Å². The van der Waals surface area contributed by atoms with Gasteiger partial charge in [0, 0.05) is 0 Å². The number of nitrogens with one attached hydrogen (secondary N) is 1. The molecule has 0 atom stereocenters. The van der Waals surface area contributed by atoms with E-state index in [1.807, 2.05) is 18.2 Å². The van der Waals surface area contributed by atoms with Crippen LogP contribution in [-0.4, -0.2) is 34.5 Å². The number of halogens is 1. The number of carbonyl (C=O) groups excluding carboxylic acids is 2. The maximum absolute atomic E-state index is 14.0. The summed E-state index contributed by atoms with van der Waals surface area (Å²) in [5.41, 5.74) is 1.34.